The van der Waals surface area contributed by atoms with Gasteiger partial charge in [0.25, 0.3) is 5.71 Å². The summed E-state index contributed by atoms with van der Waals surface area (Å²) in [6.45, 7) is 3.32. The smallest absolute Gasteiger partial charge is 0.296 e. The van der Waals surface area contributed by atoms with Gasteiger partial charge in [0.1, 0.15) is 0 Å². The Morgan fingerprint density at radius 1 is 1.57 bits per heavy atom. The van der Waals surface area contributed by atoms with Crippen molar-refractivity contribution in [3.63, 3.8) is 0 Å². The molecule has 0 aliphatic heterocycles. The topological polar surface area (TPSA) is 82.7 Å². The van der Waals surface area contributed by atoms with E-state index in [-0.39, 0.29) is 0 Å². The first-order valence-electron chi connectivity index (χ1n) is 4.32. The lowest BCUT2D eigenvalue weighted by molar-refractivity contribution is -0.00461. The minimum atomic E-state index is -0.624. The van der Waals surface area contributed by atoms with E-state index in [1.165, 1.54) is 0 Å². The summed E-state index contributed by atoms with van der Waals surface area (Å²) < 4.78 is 0. The van der Waals surface area contributed by atoms with Gasteiger partial charge in [-0.3, -0.25) is 0 Å². The molecule has 1 rings (SSSR count). The van der Waals surface area contributed by atoms with E-state index in [1.807, 2.05) is 0 Å². The van der Waals surface area contributed by atoms with Crippen LogP contribution in [0, 0.1) is 0 Å². The number of hydrogen-bond acceptors (Lipinski definition) is 2. The highest BCUT2D eigenvalue weighted by Gasteiger charge is 2.10. The highest BCUT2D eigenvalue weighted by Crippen LogP contribution is 2.21. The number of rotatable bonds is 2. The van der Waals surface area contributed by atoms with Crippen LogP contribution in [0.2, 0.25) is 0 Å². The molecule has 14 heavy (non-hydrogen) atoms. The summed E-state index contributed by atoms with van der Waals surface area (Å²) in [5.74, 6) is 0. The molecule has 0 fully saturated rings. The lowest BCUT2D eigenvalue weighted by Gasteiger charge is -2.08. The maximum absolute atomic E-state index is 9.40. The van der Waals surface area contributed by atoms with Gasteiger partial charge in [0.05, 0.1) is 11.7 Å². The second-order valence-corrected chi connectivity index (χ2v) is 3.21. The summed E-state index contributed by atoms with van der Waals surface area (Å²) in [7, 11) is 0. The van der Waals surface area contributed by atoms with Gasteiger partial charge in [0.2, 0.25) is 0 Å². The number of nitrogens with zero attached hydrogens (tertiary/aromatic N) is 2. The molecule has 1 aromatic rings. The van der Waals surface area contributed by atoms with E-state index in [0.717, 1.165) is 5.56 Å². The SMILES string of the molecule is CC(=[N+]=[N-])c1ccc(N)c(C(C)O)c1. The number of nitrogen functional groups attached to an aromatic ring is 1. The molecular formula is C10H13N3O. The summed E-state index contributed by atoms with van der Waals surface area (Å²) >= 11 is 0. The quantitative estimate of drug-likeness (QED) is 0.320. The van der Waals surface area contributed by atoms with Gasteiger partial charge in [-0.25, -0.2) is 0 Å². The van der Waals surface area contributed by atoms with Crippen molar-refractivity contribution in [3.8, 4) is 0 Å². The zero-order valence-electron chi connectivity index (χ0n) is 8.23. The maximum atomic E-state index is 9.40. The molecule has 0 heterocycles. The zero-order valence-corrected chi connectivity index (χ0v) is 8.23. The number of aliphatic hydroxyl groups is 1. The fourth-order valence-electron chi connectivity index (χ4n) is 1.22. The minimum absolute atomic E-state index is 0.493. The summed E-state index contributed by atoms with van der Waals surface area (Å²) in [5, 5.41) is 9.40. The molecule has 0 spiro atoms. The van der Waals surface area contributed by atoms with Crippen molar-refractivity contribution in [1.82, 2.24) is 0 Å². The van der Waals surface area contributed by atoms with Gasteiger partial charge in [-0.15, -0.1) is 0 Å². The first-order chi connectivity index (χ1) is 6.56. The fraction of sp³-hybridized carbons (Fsp3) is 0.300. The molecule has 0 saturated carbocycles. The first-order valence-corrected chi connectivity index (χ1v) is 4.32. The van der Waals surface area contributed by atoms with Crippen molar-refractivity contribution >= 4 is 11.4 Å². The third-order valence-electron chi connectivity index (χ3n) is 2.10. The maximum Gasteiger partial charge on any atom is 0.296 e. The van der Waals surface area contributed by atoms with Crippen LogP contribution in [0.1, 0.15) is 31.1 Å². The van der Waals surface area contributed by atoms with Crippen LogP contribution in [0.4, 0.5) is 5.69 Å². The molecule has 0 aromatic heterocycles. The Labute approximate surface area is 82.6 Å². The number of aliphatic hydroxyl groups excluding tert-OH is 1. The van der Waals surface area contributed by atoms with E-state index in [2.05, 4.69) is 4.79 Å². The van der Waals surface area contributed by atoms with E-state index in [9.17, 15) is 5.11 Å². The van der Waals surface area contributed by atoms with Gasteiger partial charge in [-0.05, 0) is 25.1 Å². The number of benzene rings is 1. The van der Waals surface area contributed by atoms with Crippen LogP contribution in [0.3, 0.4) is 0 Å². The Balaban J connectivity index is 3.26. The normalized spacial score (nSPS) is 11.9. The van der Waals surface area contributed by atoms with Crippen LogP contribution in [0.25, 0.3) is 5.53 Å². The third kappa shape index (κ3) is 1.99. The second-order valence-electron chi connectivity index (χ2n) is 3.21. The fourth-order valence-corrected chi connectivity index (χ4v) is 1.22. The van der Waals surface area contributed by atoms with E-state index in [0.29, 0.717) is 17.0 Å². The average Bonchev–Trinajstić information content (AvgIpc) is 2.17. The third-order valence-corrected chi connectivity index (χ3v) is 2.10. The molecule has 3 N–H and O–H groups in total. The Morgan fingerprint density at radius 2 is 2.21 bits per heavy atom. The van der Waals surface area contributed by atoms with Crippen LogP contribution in [-0.4, -0.2) is 15.6 Å². The Hall–Kier alpha value is -1.64. The van der Waals surface area contributed by atoms with Crippen LogP contribution in [0.15, 0.2) is 18.2 Å². The number of hydrogen-bond donors (Lipinski definition) is 2. The molecular weight excluding hydrogens is 178 g/mol. The summed E-state index contributed by atoms with van der Waals surface area (Å²) in [6.07, 6.45) is -0.624. The molecule has 0 saturated heterocycles. The molecule has 0 radical (unpaired) electrons. The average molecular weight is 191 g/mol. The molecule has 1 atom stereocenters. The van der Waals surface area contributed by atoms with Gasteiger partial charge >= 0.3 is 0 Å². The van der Waals surface area contributed by atoms with Crippen molar-refractivity contribution < 1.29 is 9.90 Å². The van der Waals surface area contributed by atoms with Crippen LogP contribution in [-0.2, 0) is 0 Å². The number of nitrogens with two attached hydrogens (primary N) is 1. The summed E-state index contributed by atoms with van der Waals surface area (Å²) in [6, 6.07) is 5.15. The van der Waals surface area contributed by atoms with Crippen molar-refractivity contribution in [3.05, 3.63) is 34.9 Å². The Kier molecular flexibility index (Phi) is 3.02. The summed E-state index contributed by atoms with van der Waals surface area (Å²) in [5.41, 5.74) is 16.7. The monoisotopic (exact) mass is 191 g/mol. The van der Waals surface area contributed by atoms with Gasteiger partial charge in [-0.1, -0.05) is 0 Å². The molecule has 0 aliphatic rings. The van der Waals surface area contributed by atoms with Crippen molar-refractivity contribution in [2.24, 2.45) is 0 Å². The molecule has 1 aromatic carbocycles. The first kappa shape index (κ1) is 10.4. The van der Waals surface area contributed by atoms with E-state index in [4.69, 9.17) is 11.3 Å². The highest BCUT2D eigenvalue weighted by atomic mass is 16.3. The molecule has 74 valence electrons. The standard InChI is InChI=1S/C10H13N3O/c1-6(13-12)8-3-4-10(11)9(5-8)7(2)14/h3-5,7,14H,11H2,1-2H3. The minimum Gasteiger partial charge on any atom is -0.398 e. The lowest BCUT2D eigenvalue weighted by atomic mass is 10.0. The second kappa shape index (κ2) is 4.05. The highest BCUT2D eigenvalue weighted by molar-refractivity contribution is 5.94. The molecule has 0 aliphatic carbocycles. The van der Waals surface area contributed by atoms with E-state index < -0.39 is 6.10 Å². The van der Waals surface area contributed by atoms with Crippen LogP contribution >= 0.6 is 0 Å². The van der Waals surface area contributed by atoms with Gasteiger partial charge in [-0.2, -0.15) is 4.79 Å². The zero-order chi connectivity index (χ0) is 10.7. The van der Waals surface area contributed by atoms with Crippen LogP contribution < -0.4 is 5.73 Å². The molecule has 0 bridgehead atoms. The van der Waals surface area contributed by atoms with Crippen LogP contribution in [0.5, 0.6) is 0 Å². The predicted molar refractivity (Wildman–Crippen MR) is 54.9 cm³/mol. The Morgan fingerprint density at radius 3 is 2.71 bits per heavy atom. The number of anilines is 1. The van der Waals surface area contributed by atoms with Gasteiger partial charge in [0.15, 0.2) is 0 Å². The Bertz CT molecular complexity index is 392. The van der Waals surface area contributed by atoms with Crippen molar-refractivity contribution in [1.29, 1.82) is 0 Å². The lowest BCUT2D eigenvalue weighted by Crippen LogP contribution is -2.03. The van der Waals surface area contributed by atoms with Gasteiger partial charge in [0, 0.05) is 18.2 Å². The van der Waals surface area contributed by atoms with Crippen molar-refractivity contribution in [2.75, 3.05) is 5.73 Å². The molecule has 4 heteroatoms. The molecule has 1 unspecified atom stereocenters. The largest absolute Gasteiger partial charge is 0.398 e. The van der Waals surface area contributed by atoms with E-state index in [1.54, 1.807) is 32.0 Å². The predicted octanol–water partition coefficient (Wildman–Crippen LogP) is 1.36. The molecule has 4 nitrogen and oxygen atoms in total. The molecule has 0 amide bonds. The van der Waals surface area contributed by atoms with E-state index >= 15 is 0 Å². The van der Waals surface area contributed by atoms with Gasteiger partial charge < -0.3 is 16.4 Å². The van der Waals surface area contributed by atoms with Crippen molar-refractivity contribution in [2.45, 2.75) is 20.0 Å². The summed E-state index contributed by atoms with van der Waals surface area (Å²) in [4.78, 5) is 3.08.